The van der Waals surface area contributed by atoms with Gasteiger partial charge in [-0.1, -0.05) is 30.3 Å². The summed E-state index contributed by atoms with van der Waals surface area (Å²) in [5.74, 6) is -0.0811. The van der Waals surface area contributed by atoms with E-state index in [1.807, 2.05) is 30.3 Å². The fraction of sp³-hybridized carbons (Fsp3) is 0.353. The number of ether oxygens (including phenoxy) is 2. The van der Waals surface area contributed by atoms with Crippen molar-refractivity contribution in [1.82, 2.24) is 0 Å². The number of rotatable bonds is 6. The highest BCUT2D eigenvalue weighted by molar-refractivity contribution is 5.88. The SMILES string of the molecule is CCOC(=O)CC(O)C(O)c1c(OC)ccc2ccccc12. The molecule has 2 N–H and O–H groups in total. The van der Waals surface area contributed by atoms with Crippen molar-refractivity contribution in [3.05, 3.63) is 42.0 Å². The highest BCUT2D eigenvalue weighted by Gasteiger charge is 2.26. The van der Waals surface area contributed by atoms with E-state index in [4.69, 9.17) is 9.47 Å². The maximum Gasteiger partial charge on any atom is 0.308 e. The minimum atomic E-state index is -1.27. The summed E-state index contributed by atoms with van der Waals surface area (Å²) in [4.78, 5) is 11.5. The van der Waals surface area contributed by atoms with Gasteiger partial charge in [-0.25, -0.2) is 0 Å². The maximum atomic E-state index is 11.5. The largest absolute Gasteiger partial charge is 0.496 e. The number of aliphatic hydroxyl groups excluding tert-OH is 2. The van der Waals surface area contributed by atoms with Crippen molar-refractivity contribution in [1.29, 1.82) is 0 Å². The second kappa shape index (κ2) is 7.24. The molecule has 0 saturated heterocycles. The molecule has 0 radical (unpaired) electrons. The summed E-state index contributed by atoms with van der Waals surface area (Å²) in [6.45, 7) is 1.92. The molecule has 118 valence electrons. The molecule has 2 atom stereocenters. The van der Waals surface area contributed by atoms with E-state index in [9.17, 15) is 15.0 Å². The topological polar surface area (TPSA) is 76.0 Å². The molecular weight excluding hydrogens is 284 g/mol. The van der Waals surface area contributed by atoms with Crippen molar-refractivity contribution in [3.8, 4) is 5.75 Å². The Labute approximate surface area is 129 Å². The number of carbonyl (C=O) groups excluding carboxylic acids is 1. The van der Waals surface area contributed by atoms with E-state index in [0.717, 1.165) is 10.8 Å². The van der Waals surface area contributed by atoms with Gasteiger partial charge in [0.15, 0.2) is 0 Å². The Balaban J connectivity index is 2.37. The third-order valence-electron chi connectivity index (χ3n) is 3.49. The Morgan fingerprint density at radius 1 is 1.18 bits per heavy atom. The lowest BCUT2D eigenvalue weighted by Gasteiger charge is -2.21. The van der Waals surface area contributed by atoms with Crippen molar-refractivity contribution in [3.63, 3.8) is 0 Å². The smallest absolute Gasteiger partial charge is 0.308 e. The van der Waals surface area contributed by atoms with Crippen LogP contribution in [-0.4, -0.2) is 36.0 Å². The van der Waals surface area contributed by atoms with Gasteiger partial charge in [-0.05, 0) is 23.8 Å². The number of hydrogen-bond donors (Lipinski definition) is 2. The minimum absolute atomic E-state index is 0.235. The third kappa shape index (κ3) is 3.37. The van der Waals surface area contributed by atoms with Gasteiger partial charge in [-0.3, -0.25) is 4.79 Å². The zero-order valence-electron chi connectivity index (χ0n) is 12.7. The van der Waals surface area contributed by atoms with Gasteiger partial charge in [-0.2, -0.15) is 0 Å². The van der Waals surface area contributed by atoms with Crippen LogP contribution in [0, 0.1) is 0 Å². The number of aliphatic hydroxyl groups is 2. The summed E-state index contributed by atoms with van der Waals surface area (Å²) in [5.41, 5.74) is 0.470. The molecule has 0 aromatic heterocycles. The zero-order valence-corrected chi connectivity index (χ0v) is 12.7. The Bertz CT molecular complexity index is 653. The number of hydrogen-bond acceptors (Lipinski definition) is 5. The fourth-order valence-corrected chi connectivity index (χ4v) is 2.45. The standard InChI is InChI=1S/C17H20O5/c1-3-22-15(19)10-13(18)17(20)16-12-7-5-4-6-11(12)8-9-14(16)21-2/h4-9,13,17-18,20H,3,10H2,1-2H3. The highest BCUT2D eigenvalue weighted by Crippen LogP contribution is 2.35. The summed E-state index contributed by atoms with van der Waals surface area (Å²) in [6.07, 6.45) is -2.79. The second-order valence-electron chi connectivity index (χ2n) is 4.92. The van der Waals surface area contributed by atoms with E-state index >= 15 is 0 Å². The lowest BCUT2D eigenvalue weighted by Crippen LogP contribution is -2.23. The van der Waals surface area contributed by atoms with Crippen LogP contribution < -0.4 is 4.74 Å². The van der Waals surface area contributed by atoms with E-state index in [0.29, 0.717) is 11.3 Å². The minimum Gasteiger partial charge on any atom is -0.496 e. The molecule has 2 aromatic carbocycles. The van der Waals surface area contributed by atoms with Crippen LogP contribution in [0.3, 0.4) is 0 Å². The van der Waals surface area contributed by atoms with Crippen molar-refractivity contribution >= 4 is 16.7 Å². The molecule has 0 amide bonds. The van der Waals surface area contributed by atoms with Gasteiger partial charge in [-0.15, -0.1) is 0 Å². The normalized spacial score (nSPS) is 13.6. The van der Waals surface area contributed by atoms with Crippen molar-refractivity contribution in [2.24, 2.45) is 0 Å². The van der Waals surface area contributed by atoms with E-state index in [-0.39, 0.29) is 13.0 Å². The lowest BCUT2D eigenvalue weighted by atomic mass is 9.95. The van der Waals surface area contributed by atoms with Gasteiger partial charge in [0.05, 0.1) is 26.2 Å². The van der Waals surface area contributed by atoms with Crippen molar-refractivity contribution in [2.45, 2.75) is 25.6 Å². The molecule has 2 rings (SSSR count). The lowest BCUT2D eigenvalue weighted by molar-refractivity contribution is -0.147. The molecule has 0 spiro atoms. The molecule has 0 aliphatic heterocycles. The van der Waals surface area contributed by atoms with Gasteiger partial charge >= 0.3 is 5.97 Å². The van der Waals surface area contributed by atoms with Crippen LogP contribution in [0.1, 0.15) is 25.0 Å². The molecule has 0 saturated carbocycles. The number of carbonyl (C=O) groups is 1. The number of esters is 1. The fourth-order valence-electron chi connectivity index (χ4n) is 2.45. The maximum absolute atomic E-state index is 11.5. The average Bonchev–Trinajstić information content (AvgIpc) is 2.53. The van der Waals surface area contributed by atoms with Crippen molar-refractivity contribution in [2.75, 3.05) is 13.7 Å². The van der Waals surface area contributed by atoms with Crippen LogP contribution in [0.15, 0.2) is 36.4 Å². The Kier molecular flexibility index (Phi) is 5.35. The molecule has 22 heavy (non-hydrogen) atoms. The monoisotopic (exact) mass is 304 g/mol. The van der Waals surface area contributed by atoms with Gasteiger partial charge < -0.3 is 19.7 Å². The number of methoxy groups -OCH3 is 1. The van der Waals surface area contributed by atoms with Crippen LogP contribution in [-0.2, 0) is 9.53 Å². The zero-order chi connectivity index (χ0) is 16.1. The van der Waals surface area contributed by atoms with E-state index in [1.54, 1.807) is 13.0 Å². The van der Waals surface area contributed by atoms with Gasteiger partial charge in [0.1, 0.15) is 11.9 Å². The summed E-state index contributed by atoms with van der Waals surface area (Å²) in [7, 11) is 1.50. The number of fused-ring (bicyclic) bond motifs is 1. The Morgan fingerprint density at radius 2 is 1.91 bits per heavy atom. The van der Waals surface area contributed by atoms with Crippen LogP contribution >= 0.6 is 0 Å². The third-order valence-corrected chi connectivity index (χ3v) is 3.49. The predicted molar refractivity (Wildman–Crippen MR) is 82.7 cm³/mol. The van der Waals surface area contributed by atoms with Gasteiger partial charge in [0.2, 0.25) is 0 Å². The summed E-state index contributed by atoms with van der Waals surface area (Å²) >= 11 is 0. The van der Waals surface area contributed by atoms with Crippen LogP contribution in [0.5, 0.6) is 5.75 Å². The van der Waals surface area contributed by atoms with Crippen molar-refractivity contribution < 1.29 is 24.5 Å². The first-order chi connectivity index (χ1) is 10.6. The Hall–Kier alpha value is -2.11. The summed E-state index contributed by atoms with van der Waals surface area (Å²) in [5, 5.41) is 22.3. The molecule has 0 aliphatic carbocycles. The molecule has 5 heteroatoms. The summed E-state index contributed by atoms with van der Waals surface area (Å²) in [6, 6.07) is 11.1. The average molecular weight is 304 g/mol. The first-order valence-electron chi connectivity index (χ1n) is 7.15. The van der Waals surface area contributed by atoms with Crippen LogP contribution in [0.2, 0.25) is 0 Å². The molecule has 5 nitrogen and oxygen atoms in total. The van der Waals surface area contributed by atoms with Gasteiger partial charge in [0, 0.05) is 5.56 Å². The molecule has 0 aliphatic rings. The summed E-state index contributed by atoms with van der Waals surface area (Å²) < 4.78 is 10.1. The van der Waals surface area contributed by atoms with E-state index in [2.05, 4.69) is 0 Å². The molecule has 0 bridgehead atoms. The highest BCUT2D eigenvalue weighted by atomic mass is 16.5. The first-order valence-corrected chi connectivity index (χ1v) is 7.15. The molecular formula is C17H20O5. The molecule has 0 fully saturated rings. The van der Waals surface area contributed by atoms with E-state index in [1.165, 1.54) is 7.11 Å². The predicted octanol–water partition coefficient (Wildman–Crippen LogP) is 2.20. The molecule has 2 aromatic rings. The second-order valence-corrected chi connectivity index (χ2v) is 4.92. The van der Waals surface area contributed by atoms with Crippen LogP contribution in [0.25, 0.3) is 10.8 Å². The number of benzene rings is 2. The van der Waals surface area contributed by atoms with Crippen LogP contribution in [0.4, 0.5) is 0 Å². The first kappa shape index (κ1) is 16.3. The molecule has 0 heterocycles. The van der Waals surface area contributed by atoms with Gasteiger partial charge in [0.25, 0.3) is 0 Å². The molecule has 2 unspecified atom stereocenters. The quantitative estimate of drug-likeness (QED) is 0.800. The Morgan fingerprint density at radius 3 is 2.59 bits per heavy atom. The van der Waals surface area contributed by atoms with E-state index < -0.39 is 18.2 Å².